The Morgan fingerprint density at radius 3 is 2.87 bits per heavy atom. The highest BCUT2D eigenvalue weighted by atomic mass is 32.2. The van der Waals surface area contributed by atoms with Crippen LogP contribution in [0, 0.1) is 0 Å². The second-order valence-corrected chi connectivity index (χ2v) is 5.06. The van der Waals surface area contributed by atoms with Gasteiger partial charge in [0, 0.05) is 18.2 Å². The van der Waals surface area contributed by atoms with Gasteiger partial charge in [-0.05, 0) is 6.26 Å². The lowest BCUT2D eigenvalue weighted by molar-refractivity contribution is -0.123. The van der Waals surface area contributed by atoms with Crippen molar-refractivity contribution in [2.24, 2.45) is 0 Å². The van der Waals surface area contributed by atoms with Crippen molar-refractivity contribution in [2.45, 2.75) is 30.6 Å². The summed E-state index contributed by atoms with van der Waals surface area (Å²) in [5, 5.41) is 5.48. The number of halogens is 2. The van der Waals surface area contributed by atoms with Crippen molar-refractivity contribution < 1.29 is 13.6 Å². The average molecular weight is 238 g/mol. The third-order valence-electron chi connectivity index (χ3n) is 2.39. The summed E-state index contributed by atoms with van der Waals surface area (Å²) in [6.07, 6.45) is 1.55. The standard InChI is InChI=1S/C9H16F2N2OS/c1-6(15-2)4-12-8(14)7-3-9(10,11)5-13-7/h6-7,13H,3-5H2,1-2H3,(H,12,14). The molecule has 1 saturated heterocycles. The molecular weight excluding hydrogens is 222 g/mol. The minimum atomic E-state index is -2.74. The molecule has 2 N–H and O–H groups in total. The normalized spacial score (nSPS) is 26.3. The summed E-state index contributed by atoms with van der Waals surface area (Å²) in [7, 11) is 0. The molecule has 0 saturated carbocycles. The predicted octanol–water partition coefficient (Wildman–Crippen LogP) is 0.851. The minimum Gasteiger partial charge on any atom is -0.354 e. The number of hydrogen-bond donors (Lipinski definition) is 2. The number of carbonyl (C=O) groups excluding carboxylic acids is 1. The Hall–Kier alpha value is -0.360. The van der Waals surface area contributed by atoms with Crippen LogP contribution >= 0.6 is 11.8 Å². The second-order valence-electron chi connectivity index (χ2n) is 3.79. The molecule has 2 atom stereocenters. The quantitative estimate of drug-likeness (QED) is 0.763. The molecule has 0 spiro atoms. The largest absolute Gasteiger partial charge is 0.354 e. The van der Waals surface area contributed by atoms with E-state index in [1.807, 2.05) is 13.2 Å². The van der Waals surface area contributed by atoms with Gasteiger partial charge in [0.1, 0.15) is 0 Å². The molecule has 88 valence electrons. The molecule has 15 heavy (non-hydrogen) atoms. The van der Waals surface area contributed by atoms with Crippen LogP contribution in [0.1, 0.15) is 13.3 Å². The van der Waals surface area contributed by atoms with Gasteiger partial charge in [-0.2, -0.15) is 11.8 Å². The first-order valence-corrected chi connectivity index (χ1v) is 6.15. The molecule has 1 heterocycles. The lowest BCUT2D eigenvalue weighted by Crippen LogP contribution is -2.42. The Morgan fingerprint density at radius 1 is 1.73 bits per heavy atom. The fourth-order valence-corrected chi connectivity index (χ4v) is 1.60. The van der Waals surface area contributed by atoms with E-state index >= 15 is 0 Å². The maximum Gasteiger partial charge on any atom is 0.262 e. The molecule has 1 aliphatic rings. The highest BCUT2D eigenvalue weighted by Crippen LogP contribution is 2.24. The fraction of sp³-hybridized carbons (Fsp3) is 0.889. The van der Waals surface area contributed by atoms with E-state index in [0.717, 1.165) is 0 Å². The first-order chi connectivity index (χ1) is 6.94. The summed E-state index contributed by atoms with van der Waals surface area (Å²) < 4.78 is 25.5. The Labute approximate surface area is 92.4 Å². The second kappa shape index (κ2) is 5.12. The van der Waals surface area contributed by atoms with Crippen LogP contribution in [0.15, 0.2) is 0 Å². The smallest absolute Gasteiger partial charge is 0.262 e. The van der Waals surface area contributed by atoms with E-state index in [0.29, 0.717) is 11.8 Å². The number of thioether (sulfide) groups is 1. The van der Waals surface area contributed by atoms with Gasteiger partial charge in [-0.15, -0.1) is 0 Å². The number of rotatable bonds is 4. The monoisotopic (exact) mass is 238 g/mol. The lowest BCUT2D eigenvalue weighted by Gasteiger charge is -2.13. The molecule has 0 bridgehead atoms. The van der Waals surface area contributed by atoms with Gasteiger partial charge >= 0.3 is 0 Å². The molecule has 1 rings (SSSR count). The van der Waals surface area contributed by atoms with Crippen LogP contribution in [0.25, 0.3) is 0 Å². The first-order valence-electron chi connectivity index (χ1n) is 4.86. The van der Waals surface area contributed by atoms with Crippen molar-refractivity contribution in [1.82, 2.24) is 10.6 Å². The van der Waals surface area contributed by atoms with Crippen molar-refractivity contribution >= 4 is 17.7 Å². The highest BCUT2D eigenvalue weighted by molar-refractivity contribution is 7.99. The molecule has 1 fully saturated rings. The maximum absolute atomic E-state index is 12.8. The summed E-state index contributed by atoms with van der Waals surface area (Å²) in [6, 6.07) is -0.742. The van der Waals surface area contributed by atoms with E-state index in [1.54, 1.807) is 11.8 Å². The van der Waals surface area contributed by atoms with E-state index in [-0.39, 0.29) is 5.91 Å². The van der Waals surface area contributed by atoms with E-state index in [4.69, 9.17) is 0 Å². The summed E-state index contributed by atoms with van der Waals surface area (Å²) in [6.45, 7) is 2.09. The van der Waals surface area contributed by atoms with Crippen LogP contribution in [-0.4, -0.2) is 42.5 Å². The van der Waals surface area contributed by atoms with Gasteiger partial charge in [0.15, 0.2) is 0 Å². The zero-order valence-electron chi connectivity index (χ0n) is 8.85. The zero-order valence-corrected chi connectivity index (χ0v) is 9.66. The summed E-state index contributed by atoms with van der Waals surface area (Å²) in [4.78, 5) is 11.4. The molecule has 1 aliphatic heterocycles. The van der Waals surface area contributed by atoms with Crippen LogP contribution in [-0.2, 0) is 4.79 Å². The van der Waals surface area contributed by atoms with E-state index in [2.05, 4.69) is 10.6 Å². The van der Waals surface area contributed by atoms with Crippen LogP contribution in [0.5, 0.6) is 0 Å². The third-order valence-corrected chi connectivity index (χ3v) is 3.36. The Morgan fingerprint density at radius 2 is 2.40 bits per heavy atom. The molecule has 2 unspecified atom stereocenters. The average Bonchev–Trinajstić information content (AvgIpc) is 2.54. The van der Waals surface area contributed by atoms with Crippen LogP contribution < -0.4 is 10.6 Å². The van der Waals surface area contributed by atoms with E-state index in [9.17, 15) is 13.6 Å². The first kappa shape index (κ1) is 12.7. The molecule has 0 aromatic heterocycles. The summed E-state index contributed by atoms with van der Waals surface area (Å²) >= 11 is 1.63. The predicted molar refractivity (Wildman–Crippen MR) is 57.3 cm³/mol. The number of amides is 1. The summed E-state index contributed by atoms with van der Waals surface area (Å²) in [5.74, 6) is -3.07. The van der Waals surface area contributed by atoms with Crippen LogP contribution in [0.2, 0.25) is 0 Å². The molecule has 0 aliphatic carbocycles. The van der Waals surface area contributed by atoms with E-state index < -0.39 is 24.9 Å². The highest BCUT2D eigenvalue weighted by Gasteiger charge is 2.42. The molecule has 0 aromatic carbocycles. The molecule has 3 nitrogen and oxygen atoms in total. The van der Waals surface area contributed by atoms with Gasteiger partial charge in [0.05, 0.1) is 12.6 Å². The molecular formula is C9H16F2N2OS. The third kappa shape index (κ3) is 3.95. The maximum atomic E-state index is 12.8. The number of nitrogens with one attached hydrogen (secondary N) is 2. The van der Waals surface area contributed by atoms with Crippen molar-refractivity contribution in [3.8, 4) is 0 Å². The van der Waals surface area contributed by atoms with Crippen LogP contribution in [0.3, 0.4) is 0 Å². The number of hydrogen-bond acceptors (Lipinski definition) is 3. The zero-order chi connectivity index (χ0) is 11.5. The van der Waals surface area contributed by atoms with Crippen molar-refractivity contribution in [1.29, 1.82) is 0 Å². The van der Waals surface area contributed by atoms with Gasteiger partial charge in [0.25, 0.3) is 5.92 Å². The van der Waals surface area contributed by atoms with Crippen molar-refractivity contribution in [2.75, 3.05) is 19.3 Å². The Balaban J connectivity index is 2.30. The number of carbonyl (C=O) groups is 1. The van der Waals surface area contributed by atoms with E-state index in [1.165, 1.54) is 0 Å². The molecule has 0 radical (unpaired) electrons. The van der Waals surface area contributed by atoms with Crippen molar-refractivity contribution in [3.63, 3.8) is 0 Å². The minimum absolute atomic E-state index is 0.302. The molecule has 0 aromatic rings. The lowest BCUT2D eigenvalue weighted by atomic mass is 10.2. The Kier molecular flexibility index (Phi) is 4.33. The summed E-state index contributed by atoms with van der Waals surface area (Å²) in [5.41, 5.74) is 0. The molecule has 6 heteroatoms. The van der Waals surface area contributed by atoms with Gasteiger partial charge in [-0.3, -0.25) is 10.1 Å². The van der Waals surface area contributed by atoms with Gasteiger partial charge in [-0.1, -0.05) is 6.92 Å². The molecule has 1 amide bonds. The van der Waals surface area contributed by atoms with Crippen molar-refractivity contribution in [3.05, 3.63) is 0 Å². The van der Waals surface area contributed by atoms with Gasteiger partial charge < -0.3 is 5.32 Å². The Bertz CT molecular complexity index is 238. The fourth-order valence-electron chi connectivity index (χ4n) is 1.35. The van der Waals surface area contributed by atoms with Gasteiger partial charge in [-0.25, -0.2) is 8.78 Å². The topological polar surface area (TPSA) is 41.1 Å². The van der Waals surface area contributed by atoms with Crippen LogP contribution in [0.4, 0.5) is 8.78 Å². The number of alkyl halides is 2. The SMILES string of the molecule is CSC(C)CNC(=O)C1CC(F)(F)CN1. The van der Waals surface area contributed by atoms with Gasteiger partial charge in [0.2, 0.25) is 5.91 Å².